The second-order valence-corrected chi connectivity index (χ2v) is 6.69. The zero-order valence-electron chi connectivity index (χ0n) is 10.8. The first kappa shape index (κ1) is 15.3. The minimum absolute atomic E-state index is 0.0233. The fourth-order valence-corrected chi connectivity index (χ4v) is 2.65. The van der Waals surface area contributed by atoms with E-state index < -0.39 is 10.0 Å². The fraction of sp³-hybridized carbons (Fsp3) is 0.500. The molecule has 0 aliphatic carbocycles. The molecule has 0 atom stereocenters. The minimum atomic E-state index is -3.37. The van der Waals surface area contributed by atoms with Crippen LogP contribution in [0.15, 0.2) is 18.2 Å². The summed E-state index contributed by atoms with van der Waals surface area (Å²) < 4.78 is 26.2. The summed E-state index contributed by atoms with van der Waals surface area (Å²) in [5.41, 5.74) is 1.28. The van der Waals surface area contributed by atoms with Crippen molar-refractivity contribution in [1.29, 1.82) is 0 Å². The number of benzene rings is 1. The Morgan fingerprint density at radius 2 is 2.00 bits per heavy atom. The predicted molar refractivity (Wildman–Crippen MR) is 76.7 cm³/mol. The van der Waals surface area contributed by atoms with Gasteiger partial charge in [-0.1, -0.05) is 37.6 Å². The van der Waals surface area contributed by atoms with Gasteiger partial charge in [-0.15, -0.1) is 0 Å². The molecule has 0 fully saturated rings. The SMILES string of the molecule is Cc1cccc(NS(=O)(=O)CCNC(C)C)c1Cl. The van der Waals surface area contributed by atoms with Crippen LogP contribution in [0.25, 0.3) is 0 Å². The third-order valence-corrected chi connectivity index (χ3v) is 4.15. The van der Waals surface area contributed by atoms with Crippen molar-refractivity contribution in [2.45, 2.75) is 26.8 Å². The quantitative estimate of drug-likeness (QED) is 0.846. The van der Waals surface area contributed by atoms with Gasteiger partial charge in [0, 0.05) is 12.6 Å². The van der Waals surface area contributed by atoms with Crippen LogP contribution in [0, 0.1) is 6.92 Å². The Labute approximate surface area is 114 Å². The lowest BCUT2D eigenvalue weighted by Gasteiger charge is -2.12. The van der Waals surface area contributed by atoms with E-state index >= 15 is 0 Å². The van der Waals surface area contributed by atoms with Gasteiger partial charge in [0.2, 0.25) is 10.0 Å². The summed E-state index contributed by atoms with van der Waals surface area (Å²) >= 11 is 6.04. The van der Waals surface area contributed by atoms with Crippen LogP contribution in [0.4, 0.5) is 5.69 Å². The molecule has 0 aromatic heterocycles. The normalized spacial score (nSPS) is 11.8. The van der Waals surface area contributed by atoms with Crippen LogP contribution in [0.1, 0.15) is 19.4 Å². The molecule has 1 aromatic carbocycles. The number of sulfonamides is 1. The van der Waals surface area contributed by atoms with E-state index in [0.717, 1.165) is 5.56 Å². The maximum absolute atomic E-state index is 11.8. The third kappa shape index (κ3) is 4.84. The first-order chi connectivity index (χ1) is 8.32. The maximum Gasteiger partial charge on any atom is 0.234 e. The van der Waals surface area contributed by atoms with Gasteiger partial charge in [-0.2, -0.15) is 0 Å². The number of halogens is 1. The number of hydrogen-bond acceptors (Lipinski definition) is 3. The predicted octanol–water partition coefficient (Wildman–Crippen LogP) is 2.39. The smallest absolute Gasteiger partial charge is 0.234 e. The summed E-state index contributed by atoms with van der Waals surface area (Å²) in [5, 5.41) is 3.50. The molecule has 0 saturated heterocycles. The van der Waals surface area contributed by atoms with Crippen LogP contribution >= 0.6 is 11.6 Å². The van der Waals surface area contributed by atoms with Crippen LogP contribution in [-0.2, 0) is 10.0 Å². The second kappa shape index (κ2) is 6.41. The molecule has 18 heavy (non-hydrogen) atoms. The van der Waals surface area contributed by atoms with Gasteiger partial charge in [0.1, 0.15) is 0 Å². The summed E-state index contributed by atoms with van der Waals surface area (Å²) in [5.74, 6) is 0.0233. The van der Waals surface area contributed by atoms with E-state index in [-0.39, 0.29) is 11.8 Å². The van der Waals surface area contributed by atoms with Crippen LogP contribution in [0.5, 0.6) is 0 Å². The molecule has 0 unspecified atom stereocenters. The Morgan fingerprint density at radius 1 is 1.33 bits per heavy atom. The Hall–Kier alpha value is -0.780. The fourth-order valence-electron chi connectivity index (χ4n) is 1.43. The number of rotatable bonds is 6. The largest absolute Gasteiger partial charge is 0.313 e. The van der Waals surface area contributed by atoms with Crippen molar-refractivity contribution in [2.75, 3.05) is 17.0 Å². The van der Waals surface area contributed by atoms with Gasteiger partial charge in [0.05, 0.1) is 16.5 Å². The number of anilines is 1. The van der Waals surface area contributed by atoms with Crippen molar-refractivity contribution in [3.63, 3.8) is 0 Å². The van der Waals surface area contributed by atoms with Crippen LogP contribution < -0.4 is 10.0 Å². The summed E-state index contributed by atoms with van der Waals surface area (Å²) in [7, 11) is -3.37. The molecule has 0 aliphatic rings. The summed E-state index contributed by atoms with van der Waals surface area (Å²) in [6, 6.07) is 5.53. The van der Waals surface area contributed by atoms with E-state index in [0.29, 0.717) is 17.3 Å². The minimum Gasteiger partial charge on any atom is -0.313 e. The van der Waals surface area contributed by atoms with E-state index in [1.54, 1.807) is 12.1 Å². The average Bonchev–Trinajstić information content (AvgIpc) is 2.23. The lowest BCUT2D eigenvalue weighted by atomic mass is 10.2. The number of aryl methyl sites for hydroxylation is 1. The summed E-state index contributed by atoms with van der Waals surface area (Å²) in [4.78, 5) is 0. The zero-order valence-corrected chi connectivity index (χ0v) is 12.4. The van der Waals surface area contributed by atoms with Crippen molar-refractivity contribution in [3.8, 4) is 0 Å². The highest BCUT2D eigenvalue weighted by molar-refractivity contribution is 7.92. The molecule has 0 aliphatic heterocycles. The molecule has 6 heteroatoms. The van der Waals surface area contributed by atoms with E-state index in [9.17, 15) is 8.42 Å². The van der Waals surface area contributed by atoms with E-state index in [2.05, 4.69) is 10.0 Å². The monoisotopic (exact) mass is 290 g/mol. The average molecular weight is 291 g/mol. The lowest BCUT2D eigenvalue weighted by Crippen LogP contribution is -2.31. The topological polar surface area (TPSA) is 58.2 Å². The molecule has 102 valence electrons. The van der Waals surface area contributed by atoms with Gasteiger partial charge in [-0.3, -0.25) is 4.72 Å². The first-order valence-corrected chi connectivity index (χ1v) is 7.84. The van der Waals surface area contributed by atoms with Crippen molar-refractivity contribution in [2.24, 2.45) is 0 Å². The molecule has 0 spiro atoms. The van der Waals surface area contributed by atoms with Gasteiger partial charge < -0.3 is 5.32 Å². The number of nitrogens with one attached hydrogen (secondary N) is 2. The van der Waals surface area contributed by atoms with Gasteiger partial charge >= 0.3 is 0 Å². The summed E-state index contributed by atoms with van der Waals surface area (Å²) in [6.45, 7) is 6.19. The lowest BCUT2D eigenvalue weighted by molar-refractivity contribution is 0.582. The highest BCUT2D eigenvalue weighted by Crippen LogP contribution is 2.25. The molecule has 0 heterocycles. The second-order valence-electron chi connectivity index (χ2n) is 4.47. The third-order valence-electron chi connectivity index (χ3n) is 2.38. The van der Waals surface area contributed by atoms with Gasteiger partial charge in [-0.05, 0) is 18.6 Å². The highest BCUT2D eigenvalue weighted by Gasteiger charge is 2.13. The molecular weight excluding hydrogens is 272 g/mol. The zero-order chi connectivity index (χ0) is 13.8. The Morgan fingerprint density at radius 3 is 2.61 bits per heavy atom. The molecule has 0 bridgehead atoms. The Kier molecular flexibility index (Phi) is 5.44. The molecule has 0 saturated carbocycles. The maximum atomic E-state index is 11.8. The Balaban J connectivity index is 2.68. The summed E-state index contributed by atoms with van der Waals surface area (Å²) in [6.07, 6.45) is 0. The molecule has 1 rings (SSSR count). The van der Waals surface area contributed by atoms with Gasteiger partial charge in [0.25, 0.3) is 0 Å². The van der Waals surface area contributed by atoms with E-state index in [1.807, 2.05) is 26.8 Å². The first-order valence-electron chi connectivity index (χ1n) is 5.81. The van der Waals surface area contributed by atoms with Crippen LogP contribution in [-0.4, -0.2) is 26.8 Å². The van der Waals surface area contributed by atoms with Crippen LogP contribution in [0.2, 0.25) is 5.02 Å². The van der Waals surface area contributed by atoms with Gasteiger partial charge in [-0.25, -0.2) is 8.42 Å². The Bertz CT molecular complexity index is 501. The molecule has 0 radical (unpaired) electrons. The van der Waals surface area contributed by atoms with Crippen molar-refractivity contribution in [1.82, 2.24) is 5.32 Å². The molecule has 2 N–H and O–H groups in total. The van der Waals surface area contributed by atoms with E-state index in [4.69, 9.17) is 11.6 Å². The van der Waals surface area contributed by atoms with Crippen molar-refractivity contribution < 1.29 is 8.42 Å². The highest BCUT2D eigenvalue weighted by atomic mass is 35.5. The van der Waals surface area contributed by atoms with Crippen molar-refractivity contribution >= 4 is 27.3 Å². The number of hydrogen-bond donors (Lipinski definition) is 2. The molecule has 1 aromatic rings. The molecule has 4 nitrogen and oxygen atoms in total. The van der Waals surface area contributed by atoms with Crippen molar-refractivity contribution in [3.05, 3.63) is 28.8 Å². The molecular formula is C12H19ClN2O2S. The van der Waals surface area contributed by atoms with Gasteiger partial charge in [0.15, 0.2) is 0 Å². The van der Waals surface area contributed by atoms with E-state index in [1.165, 1.54) is 0 Å². The van der Waals surface area contributed by atoms with Crippen LogP contribution in [0.3, 0.4) is 0 Å². The standard InChI is InChI=1S/C12H19ClN2O2S/c1-9(2)14-7-8-18(16,17)15-11-6-4-5-10(3)12(11)13/h4-6,9,14-15H,7-8H2,1-3H3. The molecule has 0 amide bonds.